The first-order valence-electron chi connectivity index (χ1n) is 10.6. The van der Waals surface area contributed by atoms with Crippen LogP contribution in [0.5, 0.6) is 5.75 Å². The third kappa shape index (κ3) is 5.03. The average Bonchev–Trinajstić information content (AvgIpc) is 2.78. The fourth-order valence-corrected chi connectivity index (χ4v) is 4.06. The van der Waals surface area contributed by atoms with E-state index < -0.39 is 23.3 Å². The zero-order valence-electron chi connectivity index (χ0n) is 18.0. The standard InChI is InChI=1S/C26H23F3O4/c1-2-32-24(30)21-11-10-20(26(27,28)29)13-22(21)18-8-9-19-15-25(31,16-33-23(19)12-18)14-17-6-4-3-5-7-17/h3-13,31H,2,14-16H2,1H3. The number of carbonyl (C=O) groups is 1. The number of aliphatic hydroxyl groups is 1. The zero-order chi connectivity index (χ0) is 23.6. The molecule has 0 saturated heterocycles. The Morgan fingerprint density at radius 2 is 1.85 bits per heavy atom. The van der Waals surface area contributed by atoms with Crippen LogP contribution in [0.3, 0.4) is 0 Å². The van der Waals surface area contributed by atoms with Crippen molar-refractivity contribution in [2.24, 2.45) is 0 Å². The summed E-state index contributed by atoms with van der Waals surface area (Å²) < 4.78 is 50.9. The molecule has 0 aromatic heterocycles. The van der Waals surface area contributed by atoms with Crippen molar-refractivity contribution in [3.05, 3.63) is 89.0 Å². The lowest BCUT2D eigenvalue weighted by Gasteiger charge is -2.34. The van der Waals surface area contributed by atoms with Crippen LogP contribution >= 0.6 is 0 Å². The predicted octanol–water partition coefficient (Wildman–Crippen LogP) is 5.46. The Labute approximate surface area is 189 Å². The molecule has 1 aliphatic heterocycles. The molecule has 0 aliphatic carbocycles. The predicted molar refractivity (Wildman–Crippen MR) is 117 cm³/mol. The van der Waals surface area contributed by atoms with E-state index in [1.165, 1.54) is 0 Å². The summed E-state index contributed by atoms with van der Waals surface area (Å²) in [6, 6.07) is 17.5. The monoisotopic (exact) mass is 456 g/mol. The van der Waals surface area contributed by atoms with Gasteiger partial charge >= 0.3 is 12.1 Å². The third-order valence-electron chi connectivity index (χ3n) is 5.61. The number of halogens is 3. The van der Waals surface area contributed by atoms with Gasteiger partial charge in [0.25, 0.3) is 0 Å². The van der Waals surface area contributed by atoms with E-state index in [9.17, 15) is 23.1 Å². The molecule has 0 amide bonds. The van der Waals surface area contributed by atoms with Crippen LogP contribution in [0.2, 0.25) is 0 Å². The first-order valence-corrected chi connectivity index (χ1v) is 10.6. The number of ether oxygens (including phenoxy) is 2. The Bertz CT molecular complexity index is 1160. The fourth-order valence-electron chi connectivity index (χ4n) is 4.06. The van der Waals surface area contributed by atoms with Crippen molar-refractivity contribution in [1.82, 2.24) is 0 Å². The molecule has 1 N–H and O–H groups in total. The van der Waals surface area contributed by atoms with Crippen LogP contribution in [0.25, 0.3) is 11.1 Å². The van der Waals surface area contributed by atoms with Crippen molar-refractivity contribution < 1.29 is 32.5 Å². The summed E-state index contributed by atoms with van der Waals surface area (Å²) in [5, 5.41) is 11.0. The van der Waals surface area contributed by atoms with Gasteiger partial charge in [-0.25, -0.2) is 4.79 Å². The van der Waals surface area contributed by atoms with Crippen LogP contribution in [0.15, 0.2) is 66.7 Å². The number of alkyl halides is 3. The van der Waals surface area contributed by atoms with E-state index in [1.807, 2.05) is 30.3 Å². The molecule has 4 rings (SSSR count). The first-order chi connectivity index (χ1) is 15.7. The highest BCUT2D eigenvalue weighted by molar-refractivity contribution is 5.97. The normalized spacial score (nSPS) is 17.7. The largest absolute Gasteiger partial charge is 0.490 e. The van der Waals surface area contributed by atoms with Crippen LogP contribution < -0.4 is 4.74 Å². The molecule has 1 aliphatic rings. The van der Waals surface area contributed by atoms with E-state index in [4.69, 9.17) is 9.47 Å². The molecular weight excluding hydrogens is 433 g/mol. The highest BCUT2D eigenvalue weighted by Gasteiger charge is 2.35. The Hall–Kier alpha value is -3.32. The molecule has 33 heavy (non-hydrogen) atoms. The summed E-state index contributed by atoms with van der Waals surface area (Å²) in [5.41, 5.74) is 0.320. The second kappa shape index (κ2) is 8.90. The average molecular weight is 456 g/mol. The van der Waals surface area contributed by atoms with Gasteiger partial charge in [-0.3, -0.25) is 0 Å². The Kier molecular flexibility index (Phi) is 6.17. The van der Waals surface area contributed by atoms with Crippen molar-refractivity contribution in [1.29, 1.82) is 0 Å². The number of carbonyl (C=O) groups excluding carboxylic acids is 1. The summed E-state index contributed by atoms with van der Waals surface area (Å²) >= 11 is 0. The fraction of sp³-hybridized carbons (Fsp3) is 0.269. The van der Waals surface area contributed by atoms with Gasteiger partial charge in [0.15, 0.2) is 0 Å². The van der Waals surface area contributed by atoms with Crippen molar-refractivity contribution in [2.75, 3.05) is 13.2 Å². The molecule has 0 bridgehead atoms. The smallest absolute Gasteiger partial charge is 0.416 e. The van der Waals surface area contributed by atoms with E-state index in [0.29, 0.717) is 24.2 Å². The molecule has 3 aromatic carbocycles. The zero-order valence-corrected chi connectivity index (χ0v) is 18.0. The number of esters is 1. The number of benzene rings is 3. The molecule has 1 atom stereocenters. The summed E-state index contributed by atoms with van der Waals surface area (Å²) in [5.74, 6) is -0.227. The number of fused-ring (bicyclic) bond motifs is 1. The molecule has 3 aromatic rings. The van der Waals surface area contributed by atoms with Crippen LogP contribution in [0.1, 0.15) is 34.0 Å². The minimum absolute atomic E-state index is 0.0428. The summed E-state index contributed by atoms with van der Waals surface area (Å²) in [7, 11) is 0. The lowest BCUT2D eigenvalue weighted by molar-refractivity contribution is -0.137. The van der Waals surface area contributed by atoms with Gasteiger partial charge in [0.1, 0.15) is 18.0 Å². The van der Waals surface area contributed by atoms with Crippen molar-refractivity contribution >= 4 is 5.97 Å². The highest BCUT2D eigenvalue weighted by atomic mass is 19.4. The van der Waals surface area contributed by atoms with Crippen molar-refractivity contribution in [3.63, 3.8) is 0 Å². The quantitative estimate of drug-likeness (QED) is 0.518. The minimum atomic E-state index is -4.55. The van der Waals surface area contributed by atoms with Crippen molar-refractivity contribution in [2.45, 2.75) is 31.5 Å². The molecule has 0 radical (unpaired) electrons. The van der Waals surface area contributed by atoms with Crippen LogP contribution in [0.4, 0.5) is 13.2 Å². The Morgan fingerprint density at radius 3 is 2.55 bits per heavy atom. The maximum absolute atomic E-state index is 13.3. The molecule has 7 heteroatoms. The maximum Gasteiger partial charge on any atom is 0.416 e. The second-order valence-electron chi connectivity index (χ2n) is 8.15. The van der Waals surface area contributed by atoms with Gasteiger partial charge in [-0.2, -0.15) is 13.2 Å². The molecular formula is C26H23F3O4. The van der Waals surface area contributed by atoms with E-state index in [-0.39, 0.29) is 24.3 Å². The van der Waals surface area contributed by atoms with E-state index >= 15 is 0 Å². The number of rotatable bonds is 5. The van der Waals surface area contributed by atoms with E-state index in [1.54, 1.807) is 25.1 Å². The first kappa shape index (κ1) is 22.9. The second-order valence-corrected chi connectivity index (χ2v) is 8.15. The summed E-state index contributed by atoms with van der Waals surface area (Å²) in [4.78, 5) is 12.4. The van der Waals surface area contributed by atoms with Crippen LogP contribution in [-0.2, 0) is 23.8 Å². The van der Waals surface area contributed by atoms with Crippen LogP contribution in [0, 0.1) is 0 Å². The lowest BCUT2D eigenvalue weighted by atomic mass is 9.85. The molecule has 1 unspecified atom stereocenters. The lowest BCUT2D eigenvalue weighted by Crippen LogP contribution is -2.43. The van der Waals surface area contributed by atoms with Gasteiger partial charge in [-0.05, 0) is 53.4 Å². The Morgan fingerprint density at radius 1 is 1.09 bits per heavy atom. The molecule has 4 nitrogen and oxygen atoms in total. The van der Waals surface area contributed by atoms with Gasteiger partial charge in [0, 0.05) is 12.8 Å². The van der Waals surface area contributed by atoms with Gasteiger partial charge < -0.3 is 14.6 Å². The summed E-state index contributed by atoms with van der Waals surface area (Å²) in [6.45, 7) is 1.78. The Balaban J connectivity index is 1.67. The molecule has 0 spiro atoms. The molecule has 0 fully saturated rings. The molecule has 0 saturated carbocycles. The maximum atomic E-state index is 13.3. The van der Waals surface area contributed by atoms with Gasteiger partial charge in [-0.1, -0.05) is 42.5 Å². The molecule has 1 heterocycles. The summed E-state index contributed by atoms with van der Waals surface area (Å²) in [6.07, 6.45) is -3.80. The topological polar surface area (TPSA) is 55.8 Å². The SMILES string of the molecule is CCOC(=O)c1ccc(C(F)(F)F)cc1-c1ccc2c(c1)OCC(O)(Cc1ccccc1)C2. The van der Waals surface area contributed by atoms with Crippen LogP contribution in [-0.4, -0.2) is 29.9 Å². The molecule has 172 valence electrons. The third-order valence-corrected chi connectivity index (χ3v) is 5.61. The van der Waals surface area contributed by atoms with Gasteiger partial charge in [-0.15, -0.1) is 0 Å². The van der Waals surface area contributed by atoms with Crippen molar-refractivity contribution in [3.8, 4) is 16.9 Å². The van der Waals surface area contributed by atoms with Gasteiger partial charge in [0.05, 0.1) is 17.7 Å². The highest BCUT2D eigenvalue weighted by Crippen LogP contribution is 2.38. The van der Waals surface area contributed by atoms with E-state index in [0.717, 1.165) is 29.3 Å². The number of hydrogen-bond acceptors (Lipinski definition) is 4. The van der Waals surface area contributed by atoms with E-state index in [2.05, 4.69) is 0 Å². The minimum Gasteiger partial charge on any atom is -0.490 e. The number of hydrogen-bond donors (Lipinski definition) is 1. The van der Waals surface area contributed by atoms with Gasteiger partial charge in [0.2, 0.25) is 0 Å².